The molecule has 0 aliphatic heterocycles. The van der Waals surface area contributed by atoms with Crippen molar-refractivity contribution in [1.29, 1.82) is 0 Å². The van der Waals surface area contributed by atoms with Crippen molar-refractivity contribution in [2.75, 3.05) is 28.0 Å². The van der Waals surface area contributed by atoms with Gasteiger partial charge in [0.25, 0.3) is 5.91 Å². The number of benzene rings is 1. The van der Waals surface area contributed by atoms with Gasteiger partial charge in [-0.05, 0) is 24.6 Å². The number of carbonyl (C=O) groups excluding carboxylic acids is 1. The van der Waals surface area contributed by atoms with Crippen LogP contribution in [0.2, 0.25) is 0 Å². The molecule has 0 N–H and O–H groups in total. The number of amides is 1. The Hall–Kier alpha value is -1.55. The molecule has 1 amide bonds. The molecule has 16 heavy (non-hydrogen) atoms. The van der Waals surface area contributed by atoms with E-state index in [-0.39, 0.29) is 12.7 Å². The normalized spacial score (nSPS) is 10.0. The first kappa shape index (κ1) is 12.5. The fourth-order valence-electron chi connectivity index (χ4n) is 1.29. The third-order valence-electron chi connectivity index (χ3n) is 2.11. The molecule has 0 spiro atoms. The lowest BCUT2D eigenvalue weighted by molar-refractivity contribution is 0.0495. The van der Waals surface area contributed by atoms with Crippen molar-refractivity contribution in [2.45, 2.75) is 6.92 Å². The first-order chi connectivity index (χ1) is 7.56. The molecule has 0 aromatic heterocycles. The molecule has 0 bridgehead atoms. The van der Waals surface area contributed by atoms with Crippen LogP contribution in [0.5, 0.6) is 5.75 Å². The molecule has 0 saturated heterocycles. The zero-order chi connectivity index (χ0) is 12.1. The second-order valence-electron chi connectivity index (χ2n) is 3.75. The van der Waals surface area contributed by atoms with Gasteiger partial charge in [-0.25, -0.2) is 0 Å². The van der Waals surface area contributed by atoms with Crippen LogP contribution in [0.1, 0.15) is 15.9 Å². The van der Waals surface area contributed by atoms with Gasteiger partial charge in [0, 0.05) is 21.2 Å². The number of rotatable bonds is 4. The molecule has 4 heteroatoms. The second-order valence-corrected chi connectivity index (χ2v) is 3.75. The molecular formula is C12H17NO3. The zero-order valence-corrected chi connectivity index (χ0v) is 10.1. The van der Waals surface area contributed by atoms with Gasteiger partial charge in [-0.1, -0.05) is 6.07 Å². The van der Waals surface area contributed by atoms with Crippen molar-refractivity contribution in [3.8, 4) is 5.75 Å². The van der Waals surface area contributed by atoms with E-state index in [1.807, 2.05) is 19.1 Å². The largest absolute Gasteiger partial charge is 0.467 e. The average Bonchev–Trinajstić information content (AvgIpc) is 2.25. The van der Waals surface area contributed by atoms with Gasteiger partial charge < -0.3 is 14.4 Å². The van der Waals surface area contributed by atoms with Crippen LogP contribution in [0.15, 0.2) is 18.2 Å². The maximum Gasteiger partial charge on any atom is 0.257 e. The smallest absolute Gasteiger partial charge is 0.257 e. The van der Waals surface area contributed by atoms with E-state index in [9.17, 15) is 4.79 Å². The Morgan fingerprint density at radius 2 is 2.06 bits per heavy atom. The maximum atomic E-state index is 11.8. The molecule has 1 aromatic rings. The van der Waals surface area contributed by atoms with Crippen LogP contribution in [0.4, 0.5) is 0 Å². The van der Waals surface area contributed by atoms with Crippen LogP contribution < -0.4 is 4.74 Å². The van der Waals surface area contributed by atoms with Gasteiger partial charge >= 0.3 is 0 Å². The minimum atomic E-state index is -0.0777. The van der Waals surface area contributed by atoms with E-state index in [2.05, 4.69) is 0 Å². The van der Waals surface area contributed by atoms with Crippen molar-refractivity contribution >= 4 is 5.91 Å². The number of carbonyl (C=O) groups is 1. The Morgan fingerprint density at radius 1 is 1.38 bits per heavy atom. The molecule has 0 heterocycles. The van der Waals surface area contributed by atoms with E-state index < -0.39 is 0 Å². The number of hydrogen-bond donors (Lipinski definition) is 0. The van der Waals surface area contributed by atoms with Gasteiger partial charge in [-0.3, -0.25) is 4.79 Å². The lowest BCUT2D eigenvalue weighted by Gasteiger charge is -2.14. The summed E-state index contributed by atoms with van der Waals surface area (Å²) in [4.78, 5) is 13.4. The summed E-state index contributed by atoms with van der Waals surface area (Å²) in [6.07, 6.45) is 0. The predicted molar refractivity (Wildman–Crippen MR) is 61.7 cm³/mol. The third-order valence-corrected chi connectivity index (χ3v) is 2.11. The highest BCUT2D eigenvalue weighted by Crippen LogP contribution is 2.21. The summed E-state index contributed by atoms with van der Waals surface area (Å²) in [5.74, 6) is 0.478. The molecule has 1 rings (SSSR count). The maximum absolute atomic E-state index is 11.8. The van der Waals surface area contributed by atoms with E-state index in [0.717, 1.165) is 5.56 Å². The zero-order valence-electron chi connectivity index (χ0n) is 10.1. The SMILES string of the molecule is COCOc1cc(C)ccc1C(=O)N(C)C. The van der Waals surface area contributed by atoms with Crippen molar-refractivity contribution in [3.05, 3.63) is 29.3 Å². The minimum Gasteiger partial charge on any atom is -0.467 e. The van der Waals surface area contributed by atoms with Crippen molar-refractivity contribution in [3.63, 3.8) is 0 Å². The number of nitrogens with zero attached hydrogens (tertiary/aromatic N) is 1. The van der Waals surface area contributed by atoms with Crippen LogP contribution in [-0.4, -0.2) is 38.8 Å². The summed E-state index contributed by atoms with van der Waals surface area (Å²) in [5.41, 5.74) is 1.59. The second kappa shape index (κ2) is 5.51. The van der Waals surface area contributed by atoms with E-state index in [4.69, 9.17) is 9.47 Å². The summed E-state index contributed by atoms with van der Waals surface area (Å²) in [7, 11) is 4.97. The van der Waals surface area contributed by atoms with Crippen molar-refractivity contribution in [1.82, 2.24) is 4.90 Å². The molecular weight excluding hydrogens is 206 g/mol. The number of aryl methyl sites for hydroxylation is 1. The minimum absolute atomic E-state index is 0.0777. The van der Waals surface area contributed by atoms with Crippen LogP contribution >= 0.6 is 0 Å². The molecule has 0 aliphatic rings. The highest BCUT2D eigenvalue weighted by molar-refractivity contribution is 5.96. The lowest BCUT2D eigenvalue weighted by atomic mass is 10.1. The monoisotopic (exact) mass is 223 g/mol. The summed E-state index contributed by atoms with van der Waals surface area (Å²) in [6.45, 7) is 2.08. The standard InChI is InChI=1S/C12H17NO3/c1-9-5-6-10(12(14)13(2)3)11(7-9)16-8-15-4/h5-7H,8H2,1-4H3. The van der Waals surface area contributed by atoms with Crippen LogP contribution in [0, 0.1) is 6.92 Å². The number of methoxy groups -OCH3 is 1. The van der Waals surface area contributed by atoms with Crippen LogP contribution in [0.3, 0.4) is 0 Å². The first-order valence-corrected chi connectivity index (χ1v) is 5.00. The van der Waals surface area contributed by atoms with Gasteiger partial charge in [0.2, 0.25) is 0 Å². The Balaban J connectivity index is 3.02. The Bertz CT molecular complexity index is 375. The summed E-state index contributed by atoms with van der Waals surface area (Å²) in [5, 5.41) is 0. The Labute approximate surface area is 95.8 Å². The molecule has 0 radical (unpaired) electrons. The van der Waals surface area contributed by atoms with Gasteiger partial charge in [0.05, 0.1) is 5.56 Å². The van der Waals surface area contributed by atoms with Gasteiger partial charge in [0.1, 0.15) is 5.75 Å². The van der Waals surface area contributed by atoms with Crippen molar-refractivity contribution in [2.24, 2.45) is 0 Å². The quantitative estimate of drug-likeness (QED) is 0.729. The van der Waals surface area contributed by atoms with Crippen LogP contribution in [0.25, 0.3) is 0 Å². The molecule has 1 aromatic carbocycles. The molecule has 0 fully saturated rings. The summed E-state index contributed by atoms with van der Waals surface area (Å²) < 4.78 is 10.2. The highest BCUT2D eigenvalue weighted by Gasteiger charge is 2.14. The van der Waals surface area contributed by atoms with Gasteiger partial charge in [-0.15, -0.1) is 0 Å². The molecule has 0 aliphatic carbocycles. The fraction of sp³-hybridized carbons (Fsp3) is 0.417. The topological polar surface area (TPSA) is 38.8 Å². The van der Waals surface area contributed by atoms with E-state index >= 15 is 0 Å². The van der Waals surface area contributed by atoms with E-state index in [0.29, 0.717) is 11.3 Å². The Morgan fingerprint density at radius 3 is 2.62 bits per heavy atom. The third kappa shape index (κ3) is 2.97. The summed E-state index contributed by atoms with van der Waals surface area (Å²) >= 11 is 0. The molecule has 88 valence electrons. The molecule has 0 atom stereocenters. The average molecular weight is 223 g/mol. The van der Waals surface area contributed by atoms with Gasteiger partial charge in [-0.2, -0.15) is 0 Å². The van der Waals surface area contributed by atoms with Crippen molar-refractivity contribution < 1.29 is 14.3 Å². The Kier molecular flexibility index (Phi) is 4.31. The predicted octanol–water partition coefficient (Wildman–Crippen LogP) is 1.68. The fourth-order valence-corrected chi connectivity index (χ4v) is 1.29. The molecule has 0 saturated carbocycles. The van der Waals surface area contributed by atoms with Crippen LogP contribution in [-0.2, 0) is 4.74 Å². The number of hydrogen-bond acceptors (Lipinski definition) is 3. The number of ether oxygens (including phenoxy) is 2. The van der Waals surface area contributed by atoms with E-state index in [1.165, 1.54) is 4.90 Å². The first-order valence-electron chi connectivity index (χ1n) is 5.00. The summed E-state index contributed by atoms with van der Waals surface area (Å²) in [6, 6.07) is 5.48. The van der Waals surface area contributed by atoms with E-state index in [1.54, 1.807) is 27.3 Å². The van der Waals surface area contributed by atoms with Gasteiger partial charge in [0.15, 0.2) is 6.79 Å². The lowest BCUT2D eigenvalue weighted by Crippen LogP contribution is -2.22. The highest BCUT2D eigenvalue weighted by atomic mass is 16.7. The molecule has 4 nitrogen and oxygen atoms in total. The molecule has 0 unspecified atom stereocenters.